The predicted octanol–water partition coefficient (Wildman–Crippen LogP) is 1.59. The van der Waals surface area contributed by atoms with Gasteiger partial charge in [0.15, 0.2) is 0 Å². The summed E-state index contributed by atoms with van der Waals surface area (Å²) in [5.41, 5.74) is 1.80. The monoisotopic (exact) mass is 331 g/mol. The molecule has 2 aliphatic heterocycles. The number of benzene rings is 1. The molecule has 0 aromatic heterocycles. The maximum Gasteiger partial charge on any atom is 0.271 e. The molecular weight excluding hydrogens is 310 g/mol. The van der Waals surface area contributed by atoms with E-state index in [2.05, 4.69) is 4.90 Å². The van der Waals surface area contributed by atoms with Gasteiger partial charge in [-0.2, -0.15) is 0 Å². The molecule has 0 bridgehead atoms. The van der Waals surface area contributed by atoms with Crippen LogP contribution in [-0.4, -0.2) is 54.6 Å². The number of hydrogen-bond donors (Lipinski definition) is 0. The average Bonchev–Trinajstić information content (AvgIpc) is 2.97. The smallest absolute Gasteiger partial charge is 0.271 e. The third-order valence-corrected chi connectivity index (χ3v) is 5.47. The Kier molecular flexibility index (Phi) is 3.97. The molecule has 1 aromatic carbocycles. The number of amides is 1. The van der Waals surface area contributed by atoms with Crippen molar-refractivity contribution in [1.29, 1.82) is 0 Å². The van der Waals surface area contributed by atoms with Gasteiger partial charge in [-0.25, -0.2) is 0 Å². The van der Waals surface area contributed by atoms with E-state index >= 15 is 0 Å². The third-order valence-electron chi connectivity index (χ3n) is 5.47. The zero-order valence-corrected chi connectivity index (χ0v) is 13.5. The number of nitro benzene ring substituents is 1. The van der Waals surface area contributed by atoms with Gasteiger partial charge < -0.3 is 9.64 Å². The van der Waals surface area contributed by atoms with Crippen molar-refractivity contribution in [3.8, 4) is 0 Å². The molecule has 0 spiro atoms. The Hall–Kier alpha value is -1.99. The van der Waals surface area contributed by atoms with Crippen LogP contribution in [0.25, 0.3) is 0 Å². The molecule has 1 aliphatic carbocycles. The highest BCUT2D eigenvalue weighted by atomic mass is 16.6. The average molecular weight is 331 g/mol. The van der Waals surface area contributed by atoms with Crippen molar-refractivity contribution in [3.63, 3.8) is 0 Å². The summed E-state index contributed by atoms with van der Waals surface area (Å²) < 4.78 is 5.37. The third kappa shape index (κ3) is 2.67. The van der Waals surface area contributed by atoms with Gasteiger partial charge in [0.05, 0.1) is 23.8 Å². The maximum atomic E-state index is 12.8. The standard InChI is InChI=1S/C17H21N3O4/c21-17(13-9-15(10-13)18-5-7-24-8-6-18)19-4-3-12-1-2-14(20(22)23)11-16(12)19/h1-2,11,13,15H,3-10H2. The van der Waals surface area contributed by atoms with E-state index in [9.17, 15) is 14.9 Å². The number of fused-ring (bicyclic) bond motifs is 1. The van der Waals surface area contributed by atoms with Crippen LogP contribution in [0.3, 0.4) is 0 Å². The summed E-state index contributed by atoms with van der Waals surface area (Å²) in [5, 5.41) is 11.0. The molecule has 0 atom stereocenters. The Morgan fingerprint density at radius 3 is 2.67 bits per heavy atom. The van der Waals surface area contributed by atoms with Gasteiger partial charge in [0.25, 0.3) is 5.69 Å². The summed E-state index contributed by atoms with van der Waals surface area (Å²) in [6.45, 7) is 4.08. The molecule has 1 saturated heterocycles. The molecule has 7 nitrogen and oxygen atoms in total. The second-order valence-electron chi connectivity index (χ2n) is 6.78. The molecule has 1 aromatic rings. The molecule has 3 aliphatic rings. The molecule has 1 amide bonds. The second kappa shape index (κ2) is 6.14. The molecular formula is C17H21N3O4. The molecule has 24 heavy (non-hydrogen) atoms. The number of carbonyl (C=O) groups excluding carboxylic acids is 1. The van der Waals surface area contributed by atoms with Crippen molar-refractivity contribution in [2.24, 2.45) is 5.92 Å². The number of nitrogens with zero attached hydrogens (tertiary/aromatic N) is 3. The zero-order chi connectivity index (χ0) is 16.7. The lowest BCUT2D eigenvalue weighted by atomic mass is 9.78. The van der Waals surface area contributed by atoms with E-state index in [-0.39, 0.29) is 17.5 Å². The minimum Gasteiger partial charge on any atom is -0.379 e. The molecule has 1 saturated carbocycles. The number of hydrogen-bond acceptors (Lipinski definition) is 5. The minimum absolute atomic E-state index is 0.0445. The van der Waals surface area contributed by atoms with Crippen LogP contribution in [0.1, 0.15) is 18.4 Å². The van der Waals surface area contributed by atoms with Crippen molar-refractivity contribution in [2.45, 2.75) is 25.3 Å². The Morgan fingerprint density at radius 2 is 1.96 bits per heavy atom. The fraction of sp³-hybridized carbons (Fsp3) is 0.588. The normalized spacial score (nSPS) is 26.8. The first kappa shape index (κ1) is 15.5. The summed E-state index contributed by atoms with van der Waals surface area (Å²) in [5.74, 6) is 0.168. The van der Waals surface area contributed by atoms with Crippen LogP contribution in [0.2, 0.25) is 0 Å². The highest BCUT2D eigenvalue weighted by Gasteiger charge is 2.41. The number of anilines is 1. The first-order chi connectivity index (χ1) is 11.6. The van der Waals surface area contributed by atoms with Gasteiger partial charge in [0.1, 0.15) is 0 Å². The van der Waals surface area contributed by atoms with Crippen LogP contribution >= 0.6 is 0 Å². The second-order valence-corrected chi connectivity index (χ2v) is 6.78. The molecule has 7 heteroatoms. The van der Waals surface area contributed by atoms with Crippen molar-refractivity contribution in [1.82, 2.24) is 4.90 Å². The van der Waals surface area contributed by atoms with Gasteiger partial charge in [0, 0.05) is 43.7 Å². The van der Waals surface area contributed by atoms with E-state index in [1.807, 2.05) is 0 Å². The molecule has 4 rings (SSSR count). The Balaban J connectivity index is 1.42. The van der Waals surface area contributed by atoms with Crippen molar-refractivity contribution >= 4 is 17.3 Å². The van der Waals surface area contributed by atoms with Crippen molar-refractivity contribution < 1.29 is 14.5 Å². The maximum absolute atomic E-state index is 12.8. The van der Waals surface area contributed by atoms with E-state index < -0.39 is 4.92 Å². The molecule has 128 valence electrons. The van der Waals surface area contributed by atoms with Gasteiger partial charge in [-0.3, -0.25) is 19.8 Å². The highest BCUT2D eigenvalue weighted by Crippen LogP contribution is 2.38. The summed E-state index contributed by atoms with van der Waals surface area (Å²) in [7, 11) is 0. The Labute approximate surface area is 140 Å². The van der Waals surface area contributed by atoms with E-state index in [0.29, 0.717) is 12.6 Å². The lowest BCUT2D eigenvalue weighted by Gasteiger charge is -2.44. The Bertz CT molecular complexity index is 666. The minimum atomic E-state index is -0.404. The number of carbonyl (C=O) groups is 1. The van der Waals surface area contributed by atoms with Gasteiger partial charge in [-0.1, -0.05) is 6.07 Å². The number of morpholine rings is 1. The fourth-order valence-corrected chi connectivity index (χ4v) is 3.96. The quantitative estimate of drug-likeness (QED) is 0.621. The number of non-ortho nitro benzene ring substituents is 1. The van der Waals surface area contributed by atoms with E-state index in [1.165, 1.54) is 6.07 Å². The first-order valence-electron chi connectivity index (χ1n) is 8.54. The number of ether oxygens (including phenoxy) is 1. The SMILES string of the molecule is O=C(C1CC(N2CCOCC2)C1)N1CCc2ccc([N+](=O)[O-])cc21. The van der Waals surface area contributed by atoms with Crippen LogP contribution in [0.15, 0.2) is 18.2 Å². The van der Waals surface area contributed by atoms with Crippen LogP contribution in [-0.2, 0) is 16.0 Å². The lowest BCUT2D eigenvalue weighted by Crippen LogP contribution is -2.53. The first-order valence-corrected chi connectivity index (χ1v) is 8.54. The van der Waals surface area contributed by atoms with Crippen LogP contribution in [0.5, 0.6) is 0 Å². The summed E-state index contributed by atoms with van der Waals surface area (Å²) >= 11 is 0. The lowest BCUT2D eigenvalue weighted by molar-refractivity contribution is -0.384. The largest absolute Gasteiger partial charge is 0.379 e. The summed E-state index contributed by atoms with van der Waals surface area (Å²) in [6, 6.07) is 5.32. The van der Waals surface area contributed by atoms with Crippen LogP contribution in [0, 0.1) is 16.0 Å². The summed E-state index contributed by atoms with van der Waals surface area (Å²) in [6.07, 6.45) is 2.55. The van der Waals surface area contributed by atoms with Crippen molar-refractivity contribution in [3.05, 3.63) is 33.9 Å². The molecule has 0 radical (unpaired) electrons. The molecule has 2 heterocycles. The van der Waals surface area contributed by atoms with Gasteiger partial charge in [-0.05, 0) is 24.8 Å². The zero-order valence-electron chi connectivity index (χ0n) is 13.5. The Morgan fingerprint density at radius 1 is 1.21 bits per heavy atom. The van der Waals surface area contributed by atoms with Gasteiger partial charge >= 0.3 is 0 Å². The highest BCUT2D eigenvalue weighted by molar-refractivity contribution is 5.98. The van der Waals surface area contributed by atoms with Gasteiger partial charge in [-0.15, -0.1) is 0 Å². The molecule has 0 unspecified atom stereocenters. The topological polar surface area (TPSA) is 75.9 Å². The van der Waals surface area contributed by atoms with Crippen LogP contribution in [0.4, 0.5) is 11.4 Å². The van der Waals surface area contributed by atoms with E-state index in [1.54, 1.807) is 17.0 Å². The molecule has 2 fully saturated rings. The van der Waals surface area contributed by atoms with E-state index in [0.717, 1.165) is 56.8 Å². The van der Waals surface area contributed by atoms with Crippen LogP contribution < -0.4 is 4.90 Å². The fourth-order valence-electron chi connectivity index (χ4n) is 3.96. The number of nitro groups is 1. The van der Waals surface area contributed by atoms with E-state index in [4.69, 9.17) is 4.74 Å². The summed E-state index contributed by atoms with van der Waals surface area (Å²) in [4.78, 5) is 27.6. The predicted molar refractivity (Wildman–Crippen MR) is 88.1 cm³/mol. The number of rotatable bonds is 3. The molecule has 0 N–H and O–H groups in total. The van der Waals surface area contributed by atoms with Gasteiger partial charge in [0.2, 0.25) is 5.91 Å². The van der Waals surface area contributed by atoms with Crippen molar-refractivity contribution in [2.75, 3.05) is 37.7 Å².